The van der Waals surface area contributed by atoms with Gasteiger partial charge in [0, 0.05) is 5.02 Å². The minimum Gasteiger partial charge on any atom is -0.384 e. The summed E-state index contributed by atoms with van der Waals surface area (Å²) in [4.78, 5) is 0. The molecule has 2 rings (SSSR count). The first-order valence-electron chi connectivity index (χ1n) is 5.31. The van der Waals surface area contributed by atoms with Gasteiger partial charge in [-0.25, -0.2) is 0 Å². The maximum Gasteiger partial charge on any atom is 0.100 e. The highest BCUT2D eigenvalue weighted by Gasteiger charge is 2.17. The van der Waals surface area contributed by atoms with E-state index in [-0.39, 0.29) is 0 Å². The number of aliphatic hydroxyl groups excluding tert-OH is 1. The molecule has 80 valence electrons. The van der Waals surface area contributed by atoms with Gasteiger partial charge in [-0.3, -0.25) is 0 Å². The summed E-state index contributed by atoms with van der Waals surface area (Å²) in [5.41, 5.74) is 3.18. The lowest BCUT2D eigenvalue weighted by molar-refractivity contribution is 0.212. The Morgan fingerprint density at radius 2 is 2.20 bits per heavy atom. The molecule has 0 radical (unpaired) electrons. The first-order chi connectivity index (χ1) is 7.18. The fraction of sp³-hybridized carbons (Fsp3) is 0.385. The quantitative estimate of drug-likeness (QED) is 0.755. The second-order valence-corrected chi connectivity index (χ2v) is 4.51. The second-order valence-electron chi connectivity index (χ2n) is 4.07. The van der Waals surface area contributed by atoms with Gasteiger partial charge in [0.25, 0.3) is 0 Å². The lowest BCUT2D eigenvalue weighted by atomic mass is 9.97. The van der Waals surface area contributed by atoms with E-state index in [1.54, 1.807) is 0 Å². The lowest BCUT2D eigenvalue weighted by Gasteiger charge is -2.15. The highest BCUT2D eigenvalue weighted by molar-refractivity contribution is 6.30. The Labute approximate surface area is 95.4 Å². The first-order valence-corrected chi connectivity index (χ1v) is 5.69. The summed E-state index contributed by atoms with van der Waals surface area (Å²) in [7, 11) is 0. The van der Waals surface area contributed by atoms with Crippen LogP contribution in [0.1, 0.15) is 36.5 Å². The van der Waals surface area contributed by atoms with E-state index in [1.165, 1.54) is 0 Å². The third-order valence-electron chi connectivity index (χ3n) is 2.96. The van der Waals surface area contributed by atoms with Crippen molar-refractivity contribution in [1.82, 2.24) is 0 Å². The van der Waals surface area contributed by atoms with Crippen LogP contribution in [0.3, 0.4) is 0 Å². The summed E-state index contributed by atoms with van der Waals surface area (Å²) in [5.74, 6) is 0. The van der Waals surface area contributed by atoms with Crippen LogP contribution in [0.25, 0.3) is 0 Å². The molecule has 1 atom stereocenters. The Morgan fingerprint density at radius 1 is 1.40 bits per heavy atom. The molecule has 0 spiro atoms. The maximum absolute atomic E-state index is 10.2. The Balaban J connectivity index is 2.31. The van der Waals surface area contributed by atoms with Gasteiger partial charge < -0.3 is 5.11 Å². The molecule has 0 fully saturated rings. The minimum absolute atomic E-state index is 0.466. The molecule has 1 N–H and O–H groups in total. The number of rotatable bonds is 2. The second kappa shape index (κ2) is 4.38. The van der Waals surface area contributed by atoms with Crippen LogP contribution >= 0.6 is 11.6 Å². The lowest BCUT2D eigenvalue weighted by Crippen LogP contribution is -2.02. The predicted octanol–water partition coefficient (Wildman–Crippen LogP) is 3.79. The van der Waals surface area contributed by atoms with Crippen molar-refractivity contribution in [2.45, 2.75) is 32.3 Å². The Bertz CT molecular complexity index is 396. The molecule has 0 aromatic heterocycles. The van der Waals surface area contributed by atoms with Crippen LogP contribution in [-0.4, -0.2) is 5.11 Å². The van der Waals surface area contributed by atoms with Gasteiger partial charge >= 0.3 is 0 Å². The van der Waals surface area contributed by atoms with Crippen molar-refractivity contribution in [3.8, 4) is 0 Å². The summed E-state index contributed by atoms with van der Waals surface area (Å²) < 4.78 is 0. The smallest absolute Gasteiger partial charge is 0.100 e. The molecule has 0 saturated heterocycles. The van der Waals surface area contributed by atoms with E-state index >= 15 is 0 Å². The molecule has 1 aromatic rings. The van der Waals surface area contributed by atoms with Crippen molar-refractivity contribution in [2.24, 2.45) is 0 Å². The largest absolute Gasteiger partial charge is 0.384 e. The molecule has 0 saturated carbocycles. The molecule has 0 aliphatic heterocycles. The fourth-order valence-corrected chi connectivity index (χ4v) is 2.23. The topological polar surface area (TPSA) is 20.2 Å². The molecular formula is C13H15ClO. The molecule has 1 nitrogen and oxygen atoms in total. The standard InChI is InChI=1S/C13H15ClO/c1-9-6-7-11(14)8-12(9)13(15)10-4-2-3-5-10/h4,6-8,13,15H,2-3,5H2,1H3. The summed E-state index contributed by atoms with van der Waals surface area (Å²) in [6.45, 7) is 2.00. The normalized spacial score (nSPS) is 17.7. The zero-order valence-electron chi connectivity index (χ0n) is 8.83. The van der Waals surface area contributed by atoms with Crippen molar-refractivity contribution < 1.29 is 5.11 Å². The number of hydrogen-bond donors (Lipinski definition) is 1. The summed E-state index contributed by atoms with van der Waals surface area (Å²) in [6, 6.07) is 5.67. The average Bonchev–Trinajstić information content (AvgIpc) is 2.74. The number of hydrogen-bond acceptors (Lipinski definition) is 1. The van der Waals surface area contributed by atoms with Gasteiger partial charge in [0.1, 0.15) is 6.10 Å². The zero-order valence-corrected chi connectivity index (χ0v) is 9.59. The van der Waals surface area contributed by atoms with E-state index in [0.717, 1.165) is 36.0 Å². The van der Waals surface area contributed by atoms with Crippen molar-refractivity contribution in [2.75, 3.05) is 0 Å². The van der Waals surface area contributed by atoms with E-state index in [0.29, 0.717) is 5.02 Å². The van der Waals surface area contributed by atoms with Crippen LogP contribution < -0.4 is 0 Å². The summed E-state index contributed by atoms with van der Waals surface area (Å²) >= 11 is 5.94. The average molecular weight is 223 g/mol. The third kappa shape index (κ3) is 2.24. The summed E-state index contributed by atoms with van der Waals surface area (Å²) in [6.07, 6.45) is 4.93. The van der Waals surface area contributed by atoms with Crippen molar-refractivity contribution in [3.63, 3.8) is 0 Å². The highest BCUT2D eigenvalue weighted by Crippen LogP contribution is 2.33. The Kier molecular flexibility index (Phi) is 3.13. The number of aryl methyl sites for hydroxylation is 1. The predicted molar refractivity (Wildman–Crippen MR) is 63.1 cm³/mol. The molecule has 1 aliphatic carbocycles. The van der Waals surface area contributed by atoms with Crippen LogP contribution in [-0.2, 0) is 0 Å². The highest BCUT2D eigenvalue weighted by atomic mass is 35.5. The van der Waals surface area contributed by atoms with Crippen LogP contribution in [0.15, 0.2) is 29.8 Å². The SMILES string of the molecule is Cc1ccc(Cl)cc1C(O)C1=CCCC1. The molecular weight excluding hydrogens is 208 g/mol. The molecule has 1 aromatic carbocycles. The van der Waals surface area contributed by atoms with Gasteiger partial charge in [-0.15, -0.1) is 0 Å². The van der Waals surface area contributed by atoms with Crippen molar-refractivity contribution in [3.05, 3.63) is 46.0 Å². The van der Waals surface area contributed by atoms with Crippen LogP contribution in [0.4, 0.5) is 0 Å². The molecule has 1 unspecified atom stereocenters. The number of aliphatic hydroxyl groups is 1. The molecule has 0 bridgehead atoms. The van der Waals surface area contributed by atoms with Crippen LogP contribution in [0.2, 0.25) is 5.02 Å². The van der Waals surface area contributed by atoms with Gasteiger partial charge in [0.05, 0.1) is 0 Å². The first kappa shape index (κ1) is 10.7. The van der Waals surface area contributed by atoms with Crippen molar-refractivity contribution in [1.29, 1.82) is 0 Å². The van der Waals surface area contributed by atoms with E-state index in [9.17, 15) is 5.11 Å². The molecule has 0 amide bonds. The number of benzene rings is 1. The minimum atomic E-state index is -0.466. The van der Waals surface area contributed by atoms with Crippen LogP contribution in [0.5, 0.6) is 0 Å². The van der Waals surface area contributed by atoms with E-state index < -0.39 is 6.10 Å². The summed E-state index contributed by atoms with van der Waals surface area (Å²) in [5, 5.41) is 10.9. The van der Waals surface area contributed by atoms with E-state index in [4.69, 9.17) is 11.6 Å². The Hall–Kier alpha value is -0.790. The van der Waals surface area contributed by atoms with E-state index in [1.807, 2.05) is 25.1 Å². The van der Waals surface area contributed by atoms with Crippen molar-refractivity contribution >= 4 is 11.6 Å². The van der Waals surface area contributed by atoms with Gasteiger partial charge in [-0.2, -0.15) is 0 Å². The zero-order chi connectivity index (χ0) is 10.8. The van der Waals surface area contributed by atoms with Crippen LogP contribution in [0, 0.1) is 6.92 Å². The van der Waals surface area contributed by atoms with Gasteiger partial charge in [0.15, 0.2) is 0 Å². The van der Waals surface area contributed by atoms with Gasteiger partial charge in [-0.05, 0) is 55.0 Å². The van der Waals surface area contributed by atoms with E-state index in [2.05, 4.69) is 6.08 Å². The molecule has 1 aliphatic rings. The number of allylic oxidation sites excluding steroid dienone is 1. The van der Waals surface area contributed by atoms with Gasteiger partial charge in [0.2, 0.25) is 0 Å². The van der Waals surface area contributed by atoms with Gasteiger partial charge in [-0.1, -0.05) is 23.7 Å². The monoisotopic (exact) mass is 222 g/mol. The molecule has 15 heavy (non-hydrogen) atoms. The third-order valence-corrected chi connectivity index (χ3v) is 3.20. The fourth-order valence-electron chi connectivity index (χ4n) is 2.05. The molecule has 2 heteroatoms. The Morgan fingerprint density at radius 3 is 2.87 bits per heavy atom. The molecule has 0 heterocycles. The maximum atomic E-state index is 10.2. The number of halogens is 1.